The first kappa shape index (κ1) is 10.6. The molecule has 0 aliphatic carbocycles. The number of halogens is 1. The molecule has 1 heterocycles. The van der Waals surface area contributed by atoms with Crippen LogP contribution in [-0.2, 0) is 0 Å². The van der Waals surface area contributed by atoms with Crippen LogP contribution in [0.1, 0.15) is 10.4 Å². The summed E-state index contributed by atoms with van der Waals surface area (Å²) in [5, 5.41) is 4.53. The molecule has 0 saturated carbocycles. The van der Waals surface area contributed by atoms with E-state index in [9.17, 15) is 4.79 Å². The summed E-state index contributed by atoms with van der Waals surface area (Å²) in [7, 11) is 0. The van der Waals surface area contributed by atoms with Gasteiger partial charge in [-0.2, -0.15) is 11.3 Å². The molecule has 0 aliphatic rings. The Balaban J connectivity index is 2.29. The lowest BCUT2D eigenvalue weighted by molar-refractivity contribution is 0.102. The lowest BCUT2D eigenvalue weighted by Crippen LogP contribution is -1.98. The Hall–Kier alpha value is -0.930. The van der Waals surface area contributed by atoms with Gasteiger partial charge in [-0.3, -0.25) is 4.79 Å². The van der Waals surface area contributed by atoms with Crippen LogP contribution in [0.25, 0.3) is 11.1 Å². The molecule has 0 fully saturated rings. The summed E-state index contributed by atoms with van der Waals surface area (Å²) in [6, 6.07) is 9.79. The van der Waals surface area contributed by atoms with Crippen molar-refractivity contribution in [1.29, 1.82) is 0 Å². The van der Waals surface area contributed by atoms with Gasteiger partial charge in [0.25, 0.3) is 0 Å². The summed E-state index contributed by atoms with van der Waals surface area (Å²) in [5.41, 5.74) is 3.12. The first-order valence-electron chi connectivity index (χ1n) is 4.53. The summed E-state index contributed by atoms with van der Waals surface area (Å²) >= 11 is 4.84. The van der Waals surface area contributed by atoms with Crippen LogP contribution in [0.15, 0.2) is 41.1 Å². The molecule has 15 heavy (non-hydrogen) atoms. The molecule has 0 unspecified atom stereocenters. The molecule has 0 spiro atoms. The van der Waals surface area contributed by atoms with Crippen molar-refractivity contribution in [2.75, 3.05) is 5.33 Å². The minimum atomic E-state index is 0.117. The normalized spacial score (nSPS) is 10.2. The van der Waals surface area contributed by atoms with E-state index in [1.807, 2.05) is 29.6 Å². The molecule has 0 saturated heterocycles. The molecule has 3 heteroatoms. The van der Waals surface area contributed by atoms with Gasteiger partial charge in [0.05, 0.1) is 5.33 Å². The molecule has 0 radical (unpaired) electrons. The lowest BCUT2D eigenvalue weighted by atomic mass is 10.1. The topological polar surface area (TPSA) is 17.1 Å². The number of carbonyl (C=O) groups excluding carboxylic acids is 1. The minimum absolute atomic E-state index is 0.117. The highest BCUT2D eigenvalue weighted by molar-refractivity contribution is 9.09. The van der Waals surface area contributed by atoms with E-state index in [2.05, 4.69) is 27.4 Å². The summed E-state index contributed by atoms with van der Waals surface area (Å²) in [4.78, 5) is 11.4. The lowest BCUT2D eigenvalue weighted by Gasteiger charge is -2.00. The van der Waals surface area contributed by atoms with E-state index in [0.29, 0.717) is 5.33 Å². The maximum atomic E-state index is 11.4. The Morgan fingerprint density at radius 2 is 1.87 bits per heavy atom. The zero-order valence-electron chi connectivity index (χ0n) is 7.94. The van der Waals surface area contributed by atoms with Crippen LogP contribution in [0.3, 0.4) is 0 Å². The monoisotopic (exact) mass is 280 g/mol. The Kier molecular flexibility index (Phi) is 3.34. The van der Waals surface area contributed by atoms with Crippen molar-refractivity contribution in [3.8, 4) is 11.1 Å². The van der Waals surface area contributed by atoms with Crippen LogP contribution < -0.4 is 0 Å². The molecule has 1 nitrogen and oxygen atoms in total. The number of Topliss-reactive ketones (excluding diaryl/α,β-unsaturated/α-hetero) is 1. The van der Waals surface area contributed by atoms with Crippen LogP contribution in [0.2, 0.25) is 0 Å². The van der Waals surface area contributed by atoms with E-state index in [1.165, 1.54) is 5.56 Å². The van der Waals surface area contributed by atoms with Gasteiger partial charge in [-0.05, 0) is 28.0 Å². The summed E-state index contributed by atoms with van der Waals surface area (Å²) < 4.78 is 0. The molecule has 0 N–H and O–H groups in total. The summed E-state index contributed by atoms with van der Waals surface area (Å²) in [6.45, 7) is 0. The fraction of sp³-hybridized carbons (Fsp3) is 0.0833. The van der Waals surface area contributed by atoms with Crippen molar-refractivity contribution in [2.45, 2.75) is 0 Å². The average molecular weight is 281 g/mol. The van der Waals surface area contributed by atoms with Gasteiger partial charge < -0.3 is 0 Å². The predicted octanol–water partition coefficient (Wildman–Crippen LogP) is 3.99. The first-order chi connectivity index (χ1) is 7.31. The Morgan fingerprint density at radius 3 is 2.40 bits per heavy atom. The van der Waals surface area contributed by atoms with Crippen molar-refractivity contribution in [3.63, 3.8) is 0 Å². The molecular formula is C12H9BrOS. The Morgan fingerprint density at radius 1 is 1.13 bits per heavy atom. The van der Waals surface area contributed by atoms with Gasteiger partial charge in [0.2, 0.25) is 0 Å². The van der Waals surface area contributed by atoms with Crippen molar-refractivity contribution in [1.82, 2.24) is 0 Å². The molecule has 0 amide bonds. The number of ketones is 1. The SMILES string of the molecule is O=C(CBr)c1ccc(-c2ccsc2)cc1. The zero-order valence-corrected chi connectivity index (χ0v) is 10.3. The molecule has 0 atom stereocenters. The third-order valence-electron chi connectivity index (χ3n) is 2.18. The van der Waals surface area contributed by atoms with Crippen molar-refractivity contribution < 1.29 is 4.79 Å². The average Bonchev–Trinajstić information content (AvgIpc) is 2.82. The second-order valence-electron chi connectivity index (χ2n) is 3.15. The standard InChI is InChI=1S/C12H9BrOS/c13-7-12(14)10-3-1-9(2-4-10)11-5-6-15-8-11/h1-6,8H,7H2. The third-order valence-corrected chi connectivity index (χ3v) is 3.38. The molecular weight excluding hydrogens is 272 g/mol. The van der Waals surface area contributed by atoms with Crippen LogP contribution in [0, 0.1) is 0 Å². The third kappa shape index (κ3) is 2.36. The fourth-order valence-electron chi connectivity index (χ4n) is 1.35. The number of benzene rings is 1. The summed E-state index contributed by atoms with van der Waals surface area (Å²) in [6.07, 6.45) is 0. The summed E-state index contributed by atoms with van der Waals surface area (Å²) in [5.74, 6) is 0.117. The van der Waals surface area contributed by atoms with Crippen LogP contribution in [0.5, 0.6) is 0 Å². The van der Waals surface area contributed by atoms with Gasteiger partial charge in [-0.25, -0.2) is 0 Å². The molecule has 2 aromatic rings. The Labute approximate surface area is 101 Å². The number of hydrogen-bond donors (Lipinski definition) is 0. The maximum Gasteiger partial charge on any atom is 0.173 e. The first-order valence-corrected chi connectivity index (χ1v) is 6.59. The fourth-order valence-corrected chi connectivity index (χ4v) is 2.34. The minimum Gasteiger partial charge on any atom is -0.293 e. The largest absolute Gasteiger partial charge is 0.293 e. The highest BCUT2D eigenvalue weighted by atomic mass is 79.9. The Bertz CT molecular complexity index is 445. The van der Waals surface area contributed by atoms with Gasteiger partial charge in [-0.1, -0.05) is 40.2 Å². The molecule has 76 valence electrons. The van der Waals surface area contributed by atoms with Crippen LogP contribution in [0.4, 0.5) is 0 Å². The van der Waals surface area contributed by atoms with Crippen LogP contribution in [-0.4, -0.2) is 11.1 Å². The van der Waals surface area contributed by atoms with Crippen LogP contribution >= 0.6 is 27.3 Å². The quantitative estimate of drug-likeness (QED) is 0.614. The second kappa shape index (κ2) is 4.73. The molecule has 1 aromatic heterocycles. The van der Waals surface area contributed by atoms with E-state index < -0.39 is 0 Å². The zero-order chi connectivity index (χ0) is 10.7. The van der Waals surface area contributed by atoms with E-state index in [-0.39, 0.29) is 5.78 Å². The highest BCUT2D eigenvalue weighted by Crippen LogP contribution is 2.22. The smallest absolute Gasteiger partial charge is 0.173 e. The number of thiophene rings is 1. The van der Waals surface area contributed by atoms with Crippen molar-refractivity contribution >= 4 is 33.0 Å². The predicted molar refractivity (Wildman–Crippen MR) is 67.9 cm³/mol. The van der Waals surface area contributed by atoms with Gasteiger partial charge >= 0.3 is 0 Å². The van der Waals surface area contributed by atoms with E-state index in [1.54, 1.807) is 11.3 Å². The van der Waals surface area contributed by atoms with Crippen molar-refractivity contribution in [3.05, 3.63) is 46.7 Å². The molecule has 1 aromatic carbocycles. The van der Waals surface area contributed by atoms with E-state index in [0.717, 1.165) is 11.1 Å². The van der Waals surface area contributed by atoms with Gasteiger partial charge in [0, 0.05) is 5.56 Å². The van der Waals surface area contributed by atoms with E-state index >= 15 is 0 Å². The number of rotatable bonds is 3. The van der Waals surface area contributed by atoms with E-state index in [4.69, 9.17) is 0 Å². The highest BCUT2D eigenvalue weighted by Gasteiger charge is 2.03. The number of hydrogen-bond acceptors (Lipinski definition) is 2. The molecule has 0 bridgehead atoms. The van der Waals surface area contributed by atoms with Gasteiger partial charge in [0.1, 0.15) is 0 Å². The second-order valence-corrected chi connectivity index (χ2v) is 4.49. The molecule has 2 rings (SSSR count). The van der Waals surface area contributed by atoms with Crippen molar-refractivity contribution in [2.24, 2.45) is 0 Å². The van der Waals surface area contributed by atoms with Gasteiger partial charge in [0.15, 0.2) is 5.78 Å². The number of alkyl halides is 1. The maximum absolute atomic E-state index is 11.4. The molecule has 0 aliphatic heterocycles. The van der Waals surface area contributed by atoms with Gasteiger partial charge in [-0.15, -0.1) is 0 Å². The number of carbonyl (C=O) groups is 1.